The molecule has 19 heavy (non-hydrogen) atoms. The van der Waals surface area contributed by atoms with Gasteiger partial charge in [-0.3, -0.25) is 10.1 Å². The molecule has 0 heterocycles. The van der Waals surface area contributed by atoms with Crippen LogP contribution in [-0.4, -0.2) is 24.7 Å². The van der Waals surface area contributed by atoms with Gasteiger partial charge in [-0.1, -0.05) is 22.0 Å². The van der Waals surface area contributed by atoms with E-state index >= 15 is 0 Å². The second-order valence-electron chi connectivity index (χ2n) is 4.00. The number of hydrogen-bond acceptors (Lipinski definition) is 3. The molecule has 0 fully saturated rings. The number of nitro benzene ring substituents is 1. The van der Waals surface area contributed by atoms with Gasteiger partial charge < -0.3 is 4.90 Å². The largest absolute Gasteiger partial charge is 0.390 e. The fourth-order valence-electron chi connectivity index (χ4n) is 1.54. The Hall–Kier alpha value is -1.31. The maximum absolute atomic E-state index is 12.1. The molecule has 0 saturated heterocycles. The molecule has 0 aliphatic heterocycles. The fraction of sp³-hybridized carbons (Fsp3) is 0.455. The lowest BCUT2D eigenvalue weighted by Gasteiger charge is -2.20. The van der Waals surface area contributed by atoms with E-state index in [9.17, 15) is 23.3 Å². The molecule has 106 valence electrons. The molecule has 8 heteroatoms. The Kier molecular flexibility index (Phi) is 5.16. The summed E-state index contributed by atoms with van der Waals surface area (Å²) in [5.74, 6) is 0. The topological polar surface area (TPSA) is 46.4 Å². The molecule has 0 amide bonds. The van der Waals surface area contributed by atoms with Crippen molar-refractivity contribution in [2.75, 3.05) is 18.5 Å². The van der Waals surface area contributed by atoms with Crippen LogP contribution in [0.5, 0.6) is 0 Å². The first-order valence-electron chi connectivity index (χ1n) is 5.36. The molecule has 0 unspecified atom stereocenters. The molecule has 0 bridgehead atoms. The number of anilines is 1. The normalized spacial score (nSPS) is 11.4. The van der Waals surface area contributed by atoms with Gasteiger partial charge in [-0.15, -0.1) is 0 Å². The highest BCUT2D eigenvalue weighted by Crippen LogP contribution is 2.30. The van der Waals surface area contributed by atoms with Crippen molar-refractivity contribution in [3.05, 3.63) is 33.9 Å². The summed E-state index contributed by atoms with van der Waals surface area (Å²) in [5.41, 5.74) is 0.681. The molecule has 0 saturated carbocycles. The Bertz CT molecular complexity index is 466. The summed E-state index contributed by atoms with van der Waals surface area (Å²) in [7, 11) is 1.40. The molecule has 0 aromatic heterocycles. The van der Waals surface area contributed by atoms with Crippen LogP contribution < -0.4 is 4.90 Å². The fourth-order valence-corrected chi connectivity index (χ4v) is 1.88. The van der Waals surface area contributed by atoms with E-state index in [1.165, 1.54) is 24.1 Å². The van der Waals surface area contributed by atoms with Gasteiger partial charge in [0.25, 0.3) is 5.69 Å². The van der Waals surface area contributed by atoms with Crippen LogP contribution in [0.4, 0.5) is 24.5 Å². The molecule has 0 atom stereocenters. The lowest BCUT2D eigenvalue weighted by Crippen LogP contribution is -2.24. The molecule has 1 aromatic rings. The van der Waals surface area contributed by atoms with Gasteiger partial charge in [-0.25, -0.2) is 0 Å². The lowest BCUT2D eigenvalue weighted by atomic mass is 10.2. The number of benzene rings is 1. The predicted octanol–water partition coefficient (Wildman–Crippen LogP) is 3.88. The van der Waals surface area contributed by atoms with Crippen molar-refractivity contribution in [2.24, 2.45) is 0 Å². The first kappa shape index (κ1) is 15.7. The van der Waals surface area contributed by atoms with Gasteiger partial charge in [-0.05, 0) is 11.6 Å². The minimum absolute atomic E-state index is 0.180. The summed E-state index contributed by atoms with van der Waals surface area (Å²) in [5, 5.41) is 11.4. The summed E-state index contributed by atoms with van der Waals surface area (Å²) in [6.07, 6.45) is -5.29. The second kappa shape index (κ2) is 6.23. The van der Waals surface area contributed by atoms with Gasteiger partial charge in [0.1, 0.15) is 5.69 Å². The van der Waals surface area contributed by atoms with Crippen LogP contribution in [0.1, 0.15) is 12.0 Å². The van der Waals surface area contributed by atoms with Crippen LogP contribution in [0.15, 0.2) is 18.2 Å². The van der Waals surface area contributed by atoms with Crippen molar-refractivity contribution in [3.63, 3.8) is 0 Å². The number of alkyl halides is 4. The molecule has 1 aromatic carbocycles. The Morgan fingerprint density at radius 3 is 2.53 bits per heavy atom. The molecule has 0 radical (unpaired) electrons. The van der Waals surface area contributed by atoms with Crippen LogP contribution in [0.25, 0.3) is 0 Å². The van der Waals surface area contributed by atoms with Gasteiger partial charge in [-0.2, -0.15) is 13.2 Å². The third-order valence-corrected chi connectivity index (χ3v) is 3.18. The minimum Gasteiger partial charge on any atom is -0.369 e. The molecule has 0 aliphatic carbocycles. The quantitative estimate of drug-likeness (QED) is 0.464. The average Bonchev–Trinajstić information content (AvgIpc) is 2.34. The summed E-state index contributed by atoms with van der Waals surface area (Å²) >= 11 is 3.17. The molecule has 0 aliphatic rings. The highest BCUT2D eigenvalue weighted by Gasteiger charge is 2.28. The van der Waals surface area contributed by atoms with E-state index in [2.05, 4.69) is 15.9 Å². The van der Waals surface area contributed by atoms with E-state index in [0.29, 0.717) is 10.9 Å². The van der Waals surface area contributed by atoms with Crippen molar-refractivity contribution >= 4 is 27.3 Å². The highest BCUT2D eigenvalue weighted by atomic mass is 79.9. The average molecular weight is 341 g/mol. The highest BCUT2D eigenvalue weighted by molar-refractivity contribution is 9.08. The van der Waals surface area contributed by atoms with Crippen LogP contribution in [0, 0.1) is 10.1 Å². The van der Waals surface area contributed by atoms with Crippen LogP contribution >= 0.6 is 15.9 Å². The first-order valence-corrected chi connectivity index (χ1v) is 6.48. The number of nitrogens with zero attached hydrogens (tertiary/aromatic N) is 2. The van der Waals surface area contributed by atoms with Gasteiger partial charge in [0.15, 0.2) is 0 Å². The number of nitro groups is 1. The second-order valence-corrected chi connectivity index (χ2v) is 4.56. The van der Waals surface area contributed by atoms with E-state index in [-0.39, 0.29) is 17.9 Å². The van der Waals surface area contributed by atoms with Gasteiger partial charge in [0.2, 0.25) is 0 Å². The molecule has 1 rings (SSSR count). The SMILES string of the molecule is CN(CCC(F)(F)F)c1ccc(CBr)cc1[N+](=O)[O-]. The van der Waals surface area contributed by atoms with Crippen molar-refractivity contribution in [3.8, 4) is 0 Å². The zero-order chi connectivity index (χ0) is 14.6. The predicted molar refractivity (Wildman–Crippen MR) is 69.7 cm³/mol. The molecule has 0 spiro atoms. The molecular weight excluding hydrogens is 329 g/mol. The van der Waals surface area contributed by atoms with E-state index in [4.69, 9.17) is 0 Å². The third kappa shape index (κ3) is 4.70. The van der Waals surface area contributed by atoms with Crippen LogP contribution in [0.2, 0.25) is 0 Å². The van der Waals surface area contributed by atoms with E-state index < -0.39 is 17.5 Å². The minimum atomic E-state index is -4.28. The van der Waals surface area contributed by atoms with Crippen molar-refractivity contribution < 1.29 is 18.1 Å². The maximum atomic E-state index is 12.1. The maximum Gasteiger partial charge on any atom is 0.390 e. The smallest absolute Gasteiger partial charge is 0.369 e. The standard InChI is InChI=1S/C11H12BrF3N2O2/c1-16(5-4-11(13,14)15)9-3-2-8(7-12)6-10(9)17(18)19/h2-3,6H,4-5,7H2,1H3. The summed E-state index contributed by atoms with van der Waals surface area (Å²) < 4.78 is 36.4. The zero-order valence-corrected chi connectivity index (χ0v) is 11.7. The van der Waals surface area contributed by atoms with Gasteiger partial charge >= 0.3 is 6.18 Å². The van der Waals surface area contributed by atoms with E-state index in [1.54, 1.807) is 6.07 Å². The molecule has 0 N–H and O–H groups in total. The van der Waals surface area contributed by atoms with Gasteiger partial charge in [0, 0.05) is 25.0 Å². The van der Waals surface area contributed by atoms with Crippen LogP contribution in [-0.2, 0) is 5.33 Å². The summed E-state index contributed by atoms with van der Waals surface area (Å²) in [6.45, 7) is -0.321. The Labute approximate surface area is 116 Å². The van der Waals surface area contributed by atoms with E-state index in [1.807, 2.05) is 0 Å². The molecule has 4 nitrogen and oxygen atoms in total. The number of rotatable bonds is 5. The number of halogens is 4. The first-order chi connectivity index (χ1) is 8.74. The van der Waals surface area contributed by atoms with Crippen LogP contribution in [0.3, 0.4) is 0 Å². The third-order valence-electron chi connectivity index (χ3n) is 2.53. The lowest BCUT2D eigenvalue weighted by molar-refractivity contribution is -0.384. The van der Waals surface area contributed by atoms with Gasteiger partial charge in [0.05, 0.1) is 11.3 Å². The summed E-state index contributed by atoms with van der Waals surface area (Å²) in [6, 6.07) is 4.46. The van der Waals surface area contributed by atoms with Crippen molar-refractivity contribution in [1.29, 1.82) is 0 Å². The summed E-state index contributed by atoms with van der Waals surface area (Å²) in [4.78, 5) is 11.6. The Morgan fingerprint density at radius 1 is 1.42 bits per heavy atom. The molecular formula is C11H12BrF3N2O2. The zero-order valence-electron chi connectivity index (χ0n) is 10.1. The van der Waals surface area contributed by atoms with Crippen molar-refractivity contribution in [2.45, 2.75) is 17.9 Å². The monoisotopic (exact) mass is 340 g/mol. The number of hydrogen-bond donors (Lipinski definition) is 0. The Balaban J connectivity index is 2.95. The Morgan fingerprint density at radius 2 is 2.05 bits per heavy atom. The van der Waals surface area contributed by atoms with Crippen molar-refractivity contribution in [1.82, 2.24) is 0 Å². The van der Waals surface area contributed by atoms with E-state index in [0.717, 1.165) is 0 Å².